The molecule has 0 aromatic heterocycles. The van der Waals surface area contributed by atoms with Gasteiger partial charge in [-0.25, -0.2) is 4.39 Å². The lowest BCUT2D eigenvalue weighted by molar-refractivity contribution is -0.143. The number of carbonyl (C=O) groups excluding carboxylic acids is 2. The number of nitrogens with one attached hydrogen (secondary N) is 1. The number of hydrogen-bond donors (Lipinski definition) is 2. The maximum absolute atomic E-state index is 13.2. The molecule has 0 radical (unpaired) electrons. The van der Waals surface area contributed by atoms with Gasteiger partial charge >= 0.3 is 11.8 Å². The molecule has 7 heteroatoms. The Balaban J connectivity index is 1.94. The Morgan fingerprint density at radius 2 is 2.04 bits per heavy atom. The second-order valence-electron chi connectivity index (χ2n) is 5.91. The van der Waals surface area contributed by atoms with E-state index in [1.54, 1.807) is 0 Å². The predicted octanol–water partition coefficient (Wildman–Crippen LogP) is 2.43. The zero-order valence-electron chi connectivity index (χ0n) is 12.9. The first-order valence-electron chi connectivity index (χ1n) is 7.57. The van der Waals surface area contributed by atoms with Crippen LogP contribution in [0.1, 0.15) is 25.7 Å². The molecule has 2 rings (SSSR count). The normalized spacial score (nSPS) is 20.9. The van der Waals surface area contributed by atoms with Gasteiger partial charge in [-0.3, -0.25) is 9.59 Å². The van der Waals surface area contributed by atoms with E-state index in [0.717, 1.165) is 37.8 Å². The molecule has 2 atom stereocenters. The molecule has 1 aromatic rings. The fourth-order valence-electron chi connectivity index (χ4n) is 2.82. The molecule has 126 valence electrons. The first kappa shape index (κ1) is 17.7. The Kier molecular flexibility index (Phi) is 5.96. The zero-order valence-corrected chi connectivity index (χ0v) is 13.6. The molecule has 0 bridgehead atoms. The molecule has 1 aliphatic carbocycles. The predicted molar refractivity (Wildman–Crippen MR) is 85.6 cm³/mol. The molecular weight excluding hydrogens is 323 g/mol. The summed E-state index contributed by atoms with van der Waals surface area (Å²) in [5, 5.41) is 12.4. The molecule has 2 amide bonds. The Labute approximate surface area is 139 Å². The lowest BCUT2D eigenvalue weighted by Gasteiger charge is -2.30. The fourth-order valence-corrected chi connectivity index (χ4v) is 3.04. The van der Waals surface area contributed by atoms with E-state index in [-0.39, 0.29) is 16.6 Å². The molecule has 2 unspecified atom stereocenters. The topological polar surface area (TPSA) is 69.6 Å². The maximum atomic E-state index is 13.2. The number of anilines is 1. The molecule has 0 aliphatic heterocycles. The van der Waals surface area contributed by atoms with Gasteiger partial charge in [0.15, 0.2) is 0 Å². The highest BCUT2D eigenvalue weighted by atomic mass is 35.5. The average Bonchev–Trinajstić information content (AvgIpc) is 2.47. The van der Waals surface area contributed by atoms with Gasteiger partial charge in [0.2, 0.25) is 0 Å². The number of carbonyl (C=O) groups is 2. The lowest BCUT2D eigenvalue weighted by atomic mass is 9.86. The number of rotatable bonds is 3. The molecule has 1 saturated carbocycles. The summed E-state index contributed by atoms with van der Waals surface area (Å²) in [6.07, 6.45) is 3.11. The summed E-state index contributed by atoms with van der Waals surface area (Å²) in [5.41, 5.74) is 0.124. The highest BCUT2D eigenvalue weighted by molar-refractivity contribution is 6.39. The quantitative estimate of drug-likeness (QED) is 0.829. The van der Waals surface area contributed by atoms with Crippen molar-refractivity contribution in [3.05, 3.63) is 29.0 Å². The van der Waals surface area contributed by atoms with E-state index in [0.29, 0.717) is 6.54 Å². The van der Waals surface area contributed by atoms with Gasteiger partial charge in [0, 0.05) is 30.2 Å². The summed E-state index contributed by atoms with van der Waals surface area (Å²) in [5.74, 6) is -2.21. The van der Waals surface area contributed by atoms with Crippen molar-refractivity contribution in [2.75, 3.05) is 18.9 Å². The van der Waals surface area contributed by atoms with Crippen LogP contribution in [-0.4, -0.2) is 41.5 Å². The third kappa shape index (κ3) is 4.91. The Bertz CT molecular complexity index is 576. The molecule has 1 fully saturated rings. The van der Waals surface area contributed by atoms with E-state index >= 15 is 0 Å². The second-order valence-corrected chi connectivity index (χ2v) is 6.35. The summed E-state index contributed by atoms with van der Waals surface area (Å²) in [7, 11) is 1.52. The van der Waals surface area contributed by atoms with Crippen molar-refractivity contribution >= 4 is 29.1 Å². The minimum absolute atomic E-state index is 0.0193. The Hall–Kier alpha value is -1.66. The highest BCUT2D eigenvalue weighted by Crippen LogP contribution is 2.25. The van der Waals surface area contributed by atoms with Gasteiger partial charge in [-0.1, -0.05) is 24.4 Å². The number of benzene rings is 1. The summed E-state index contributed by atoms with van der Waals surface area (Å²) in [6, 6.07) is 3.55. The van der Waals surface area contributed by atoms with E-state index in [1.165, 1.54) is 18.0 Å². The number of nitrogens with zero attached hydrogens (tertiary/aromatic N) is 1. The standard InChI is InChI=1S/C16H20ClFN2O3/c1-20(9-10-4-2-3-5-14(10)21)16(23)15(22)19-13-7-11(17)6-12(18)8-13/h6-8,10,14,21H,2-5,9H2,1H3,(H,19,22). The SMILES string of the molecule is CN(CC1CCCCC1O)C(=O)C(=O)Nc1cc(F)cc(Cl)c1. The molecule has 0 heterocycles. The average molecular weight is 343 g/mol. The van der Waals surface area contributed by atoms with Gasteiger partial charge in [0.1, 0.15) is 5.82 Å². The number of likely N-dealkylation sites (N-methyl/N-ethyl adjacent to an activating group) is 1. The first-order chi connectivity index (χ1) is 10.9. The van der Waals surface area contributed by atoms with E-state index in [4.69, 9.17) is 11.6 Å². The van der Waals surface area contributed by atoms with Gasteiger partial charge in [0.05, 0.1) is 6.10 Å². The summed E-state index contributed by atoms with van der Waals surface area (Å²) < 4.78 is 13.2. The largest absolute Gasteiger partial charge is 0.393 e. The van der Waals surface area contributed by atoms with Gasteiger partial charge in [-0.15, -0.1) is 0 Å². The van der Waals surface area contributed by atoms with Crippen LogP contribution in [0.25, 0.3) is 0 Å². The van der Waals surface area contributed by atoms with E-state index in [9.17, 15) is 19.1 Å². The van der Waals surface area contributed by atoms with Gasteiger partial charge in [-0.2, -0.15) is 0 Å². The van der Waals surface area contributed by atoms with Gasteiger partial charge in [-0.05, 0) is 31.0 Å². The van der Waals surface area contributed by atoms with Crippen LogP contribution in [-0.2, 0) is 9.59 Å². The smallest absolute Gasteiger partial charge is 0.313 e. The van der Waals surface area contributed by atoms with Crippen molar-refractivity contribution in [1.29, 1.82) is 0 Å². The third-order valence-electron chi connectivity index (χ3n) is 4.04. The number of hydrogen-bond acceptors (Lipinski definition) is 3. The van der Waals surface area contributed by atoms with Crippen molar-refractivity contribution in [3.8, 4) is 0 Å². The molecule has 5 nitrogen and oxygen atoms in total. The van der Waals surface area contributed by atoms with Crippen molar-refractivity contribution in [3.63, 3.8) is 0 Å². The van der Waals surface area contributed by atoms with E-state index in [1.807, 2.05) is 0 Å². The van der Waals surface area contributed by atoms with Crippen molar-refractivity contribution in [1.82, 2.24) is 4.90 Å². The van der Waals surface area contributed by atoms with Gasteiger partial charge in [0.25, 0.3) is 0 Å². The lowest BCUT2D eigenvalue weighted by Crippen LogP contribution is -2.42. The highest BCUT2D eigenvalue weighted by Gasteiger charge is 2.27. The Morgan fingerprint density at radius 3 is 2.70 bits per heavy atom. The number of halogens is 2. The Morgan fingerprint density at radius 1 is 1.35 bits per heavy atom. The van der Waals surface area contributed by atoms with Crippen LogP contribution in [0.15, 0.2) is 18.2 Å². The van der Waals surface area contributed by atoms with Crippen LogP contribution in [0.5, 0.6) is 0 Å². The maximum Gasteiger partial charge on any atom is 0.313 e. The fraction of sp³-hybridized carbons (Fsp3) is 0.500. The summed E-state index contributed by atoms with van der Waals surface area (Å²) in [6.45, 7) is 0.317. The number of aliphatic hydroxyl groups is 1. The second kappa shape index (κ2) is 7.75. The van der Waals surface area contributed by atoms with Gasteiger partial charge < -0.3 is 15.3 Å². The van der Waals surface area contributed by atoms with E-state index < -0.39 is 23.7 Å². The zero-order chi connectivity index (χ0) is 17.0. The van der Waals surface area contributed by atoms with Crippen LogP contribution >= 0.6 is 11.6 Å². The number of amides is 2. The minimum atomic E-state index is -0.862. The van der Waals surface area contributed by atoms with Crippen molar-refractivity contribution < 1.29 is 19.1 Å². The molecule has 0 spiro atoms. The summed E-state index contributed by atoms with van der Waals surface area (Å²) >= 11 is 5.71. The van der Waals surface area contributed by atoms with E-state index in [2.05, 4.69) is 5.32 Å². The summed E-state index contributed by atoms with van der Waals surface area (Å²) in [4.78, 5) is 25.4. The first-order valence-corrected chi connectivity index (χ1v) is 7.95. The molecule has 1 aromatic carbocycles. The van der Waals surface area contributed by atoms with Crippen LogP contribution in [0.3, 0.4) is 0 Å². The number of aliphatic hydroxyl groups excluding tert-OH is 1. The van der Waals surface area contributed by atoms with Crippen LogP contribution in [0.2, 0.25) is 5.02 Å². The monoisotopic (exact) mass is 342 g/mol. The minimum Gasteiger partial charge on any atom is -0.393 e. The molecular formula is C16H20ClFN2O3. The molecule has 2 N–H and O–H groups in total. The van der Waals surface area contributed by atoms with Crippen molar-refractivity contribution in [2.45, 2.75) is 31.8 Å². The molecule has 1 aliphatic rings. The molecule has 0 saturated heterocycles. The van der Waals surface area contributed by atoms with Crippen LogP contribution in [0, 0.1) is 11.7 Å². The molecule has 23 heavy (non-hydrogen) atoms. The van der Waals surface area contributed by atoms with Crippen LogP contribution < -0.4 is 5.32 Å². The van der Waals surface area contributed by atoms with Crippen molar-refractivity contribution in [2.24, 2.45) is 5.92 Å². The third-order valence-corrected chi connectivity index (χ3v) is 4.26. The van der Waals surface area contributed by atoms with Crippen LogP contribution in [0.4, 0.5) is 10.1 Å².